The topological polar surface area (TPSA) is 210 Å². The summed E-state index contributed by atoms with van der Waals surface area (Å²) in [5, 5.41) is 50.2. The molecular weight excluding hydrogens is 828 g/mol. The molecule has 14 heteroatoms. The molecule has 6 N–H and O–H groups in total. The molecule has 0 aromatic rings. The number of phosphoric ester groups is 1. The standard InChI is InChI=1S/C49H89O13P/c1-3-5-7-9-11-13-15-17-19-20-21-22-24-26-28-30-32-34-36-38-43(51)61-41(40-60-63(57,58)62-49-47(55)45(53)44(52)46(54)48(49)56)39-59-42(50)37-35-33-31-29-27-25-23-18-16-14-12-10-8-6-4-2/h11,13,17,19,25,27,41,44-49,52-56H,3-10,12,14-16,18,20-24,26,28-40H2,1-2H3,(H,57,58)/b13-11+,19-17+,27-25+/t41-,44?,45-,46?,47?,48?,49?/m1/s1. The molecule has 1 saturated carbocycles. The first-order valence-corrected chi connectivity index (χ1v) is 26.3. The smallest absolute Gasteiger partial charge is 0.462 e. The lowest BCUT2D eigenvalue weighted by atomic mass is 9.85. The molecule has 1 aliphatic rings. The van der Waals surface area contributed by atoms with Crippen molar-refractivity contribution in [1.82, 2.24) is 0 Å². The van der Waals surface area contributed by atoms with Gasteiger partial charge in [0.25, 0.3) is 0 Å². The van der Waals surface area contributed by atoms with Gasteiger partial charge in [0.15, 0.2) is 6.10 Å². The fraction of sp³-hybridized carbons (Fsp3) is 0.837. The van der Waals surface area contributed by atoms with E-state index in [-0.39, 0.29) is 12.8 Å². The largest absolute Gasteiger partial charge is 0.472 e. The van der Waals surface area contributed by atoms with E-state index in [1.165, 1.54) is 103 Å². The highest BCUT2D eigenvalue weighted by Gasteiger charge is 2.51. The van der Waals surface area contributed by atoms with Gasteiger partial charge in [-0.05, 0) is 70.6 Å². The first-order valence-electron chi connectivity index (χ1n) is 24.8. The number of hydrogen-bond acceptors (Lipinski definition) is 12. The molecular formula is C49H89O13P. The molecule has 1 fully saturated rings. The van der Waals surface area contributed by atoms with Crippen LogP contribution in [0, 0.1) is 0 Å². The van der Waals surface area contributed by atoms with Crippen molar-refractivity contribution in [3.63, 3.8) is 0 Å². The lowest BCUT2D eigenvalue weighted by Gasteiger charge is -2.41. The second-order valence-corrected chi connectivity index (χ2v) is 18.7. The maximum absolute atomic E-state index is 12.8. The van der Waals surface area contributed by atoms with E-state index < -0.39 is 75.7 Å². The van der Waals surface area contributed by atoms with Crippen LogP contribution in [-0.2, 0) is 32.7 Å². The molecule has 0 bridgehead atoms. The molecule has 0 amide bonds. The van der Waals surface area contributed by atoms with Crippen molar-refractivity contribution in [2.45, 2.75) is 249 Å². The monoisotopic (exact) mass is 917 g/mol. The van der Waals surface area contributed by atoms with Crippen molar-refractivity contribution in [1.29, 1.82) is 0 Å². The third-order valence-electron chi connectivity index (χ3n) is 11.5. The van der Waals surface area contributed by atoms with Crippen molar-refractivity contribution in [3.05, 3.63) is 36.5 Å². The average Bonchev–Trinajstić information content (AvgIpc) is 3.26. The highest BCUT2D eigenvalue weighted by atomic mass is 31.2. The SMILES string of the molecule is CCCCC/C=C/C/C=C/CCCCCCCCCCCC(=O)O[C@H](COC(=O)CCCCC/C=C/CCCCCCCCCC)COP(=O)(O)OC1C(O)C(O)C(O)[C@@H](O)C1O. The molecule has 0 heterocycles. The van der Waals surface area contributed by atoms with Gasteiger partial charge < -0.3 is 39.9 Å². The Morgan fingerprint density at radius 2 is 0.857 bits per heavy atom. The summed E-state index contributed by atoms with van der Waals surface area (Å²) in [6.07, 6.45) is 31.9. The molecule has 0 aromatic carbocycles. The maximum atomic E-state index is 12.8. The van der Waals surface area contributed by atoms with E-state index >= 15 is 0 Å². The van der Waals surface area contributed by atoms with E-state index in [1.807, 2.05) is 0 Å². The molecule has 1 rings (SSSR count). The number of carbonyl (C=O) groups excluding carboxylic acids is 2. The maximum Gasteiger partial charge on any atom is 0.472 e. The number of phosphoric acid groups is 1. The van der Waals surface area contributed by atoms with Crippen LogP contribution in [-0.4, -0.2) is 98.3 Å². The quantitative estimate of drug-likeness (QED) is 0.0146. The predicted molar refractivity (Wildman–Crippen MR) is 249 cm³/mol. The lowest BCUT2D eigenvalue weighted by Crippen LogP contribution is -2.64. The minimum absolute atomic E-state index is 0.0893. The predicted octanol–water partition coefficient (Wildman–Crippen LogP) is 10.2. The summed E-state index contributed by atoms with van der Waals surface area (Å²) in [4.78, 5) is 35.8. The van der Waals surface area contributed by atoms with Crippen LogP contribution in [0.15, 0.2) is 36.5 Å². The molecule has 1 aliphatic carbocycles. The van der Waals surface area contributed by atoms with Gasteiger partial charge in [-0.3, -0.25) is 18.6 Å². The van der Waals surface area contributed by atoms with Gasteiger partial charge in [0.2, 0.25) is 0 Å². The Bertz CT molecular complexity index is 1240. The first-order chi connectivity index (χ1) is 30.4. The zero-order chi connectivity index (χ0) is 46.4. The third-order valence-corrected chi connectivity index (χ3v) is 12.4. The first kappa shape index (κ1) is 59.1. The molecule has 0 spiro atoms. The van der Waals surface area contributed by atoms with Gasteiger partial charge in [0.1, 0.15) is 43.2 Å². The Morgan fingerprint density at radius 1 is 0.492 bits per heavy atom. The molecule has 6 unspecified atom stereocenters. The highest BCUT2D eigenvalue weighted by molar-refractivity contribution is 7.47. The van der Waals surface area contributed by atoms with Gasteiger partial charge in [0.05, 0.1) is 6.61 Å². The minimum atomic E-state index is -5.12. The summed E-state index contributed by atoms with van der Waals surface area (Å²) in [5.74, 6) is -1.12. The summed E-state index contributed by atoms with van der Waals surface area (Å²) in [6.45, 7) is 3.27. The number of hydrogen-bond donors (Lipinski definition) is 6. The van der Waals surface area contributed by atoms with Gasteiger partial charge in [-0.1, -0.05) is 159 Å². The minimum Gasteiger partial charge on any atom is -0.462 e. The number of unbranched alkanes of at least 4 members (excludes halogenated alkanes) is 23. The highest BCUT2D eigenvalue weighted by Crippen LogP contribution is 2.47. The lowest BCUT2D eigenvalue weighted by molar-refractivity contribution is -0.220. The molecule has 0 radical (unpaired) electrons. The second-order valence-electron chi connectivity index (χ2n) is 17.3. The van der Waals surface area contributed by atoms with Gasteiger partial charge in [-0.25, -0.2) is 4.57 Å². The third kappa shape index (κ3) is 31.6. The summed E-state index contributed by atoms with van der Waals surface area (Å²) < 4.78 is 33.6. The normalized spacial score (nSPS) is 22.0. The van der Waals surface area contributed by atoms with Crippen LogP contribution in [0.3, 0.4) is 0 Å². The van der Waals surface area contributed by atoms with Crippen molar-refractivity contribution in [3.8, 4) is 0 Å². The van der Waals surface area contributed by atoms with Crippen molar-refractivity contribution in [2.75, 3.05) is 13.2 Å². The van der Waals surface area contributed by atoms with Crippen molar-refractivity contribution in [2.24, 2.45) is 0 Å². The molecule has 13 nitrogen and oxygen atoms in total. The van der Waals surface area contributed by atoms with E-state index in [0.717, 1.165) is 64.2 Å². The number of carbonyl (C=O) groups is 2. The fourth-order valence-corrected chi connectivity index (χ4v) is 8.40. The Labute approximate surface area is 380 Å². The molecule has 8 atom stereocenters. The van der Waals surface area contributed by atoms with Gasteiger partial charge in [0, 0.05) is 12.8 Å². The van der Waals surface area contributed by atoms with Crippen LogP contribution in [0.4, 0.5) is 0 Å². The van der Waals surface area contributed by atoms with Crippen LogP contribution >= 0.6 is 7.82 Å². The number of aliphatic hydroxyl groups excluding tert-OH is 5. The molecule has 0 aromatic heterocycles. The van der Waals surface area contributed by atoms with Crippen LogP contribution in [0.25, 0.3) is 0 Å². The van der Waals surface area contributed by atoms with Crippen LogP contribution in [0.1, 0.15) is 206 Å². The molecule has 0 saturated heterocycles. The van der Waals surface area contributed by atoms with Crippen LogP contribution in [0.5, 0.6) is 0 Å². The fourth-order valence-electron chi connectivity index (χ4n) is 7.43. The molecule has 63 heavy (non-hydrogen) atoms. The van der Waals surface area contributed by atoms with E-state index in [9.17, 15) is 44.6 Å². The van der Waals surface area contributed by atoms with Crippen molar-refractivity contribution >= 4 is 19.8 Å². The summed E-state index contributed by atoms with van der Waals surface area (Å²) >= 11 is 0. The van der Waals surface area contributed by atoms with Gasteiger partial charge in [-0.15, -0.1) is 0 Å². The zero-order valence-electron chi connectivity index (χ0n) is 39.1. The van der Waals surface area contributed by atoms with Crippen LogP contribution < -0.4 is 0 Å². The molecule has 368 valence electrons. The number of rotatable bonds is 41. The summed E-state index contributed by atoms with van der Waals surface area (Å²) in [5.41, 5.74) is 0. The second kappa shape index (κ2) is 39.3. The van der Waals surface area contributed by atoms with E-state index in [2.05, 4.69) is 50.3 Å². The zero-order valence-corrected chi connectivity index (χ0v) is 40.0. The number of allylic oxidation sites excluding steroid dienone is 6. The molecule has 0 aliphatic heterocycles. The Hall–Kier alpha value is -1.93. The van der Waals surface area contributed by atoms with Crippen molar-refractivity contribution < 1.29 is 63.1 Å². The number of esters is 2. The Morgan fingerprint density at radius 3 is 1.35 bits per heavy atom. The summed E-state index contributed by atoms with van der Waals surface area (Å²) in [6, 6.07) is 0. The Balaban J connectivity index is 2.43. The summed E-state index contributed by atoms with van der Waals surface area (Å²) in [7, 11) is -5.12. The Kier molecular flexibility index (Phi) is 36.8. The number of ether oxygens (including phenoxy) is 2. The van der Waals surface area contributed by atoms with E-state index in [4.69, 9.17) is 18.5 Å². The number of aliphatic hydroxyl groups is 5. The average molecular weight is 917 g/mol. The van der Waals surface area contributed by atoms with E-state index in [1.54, 1.807) is 0 Å². The van der Waals surface area contributed by atoms with E-state index in [0.29, 0.717) is 12.8 Å². The van der Waals surface area contributed by atoms with Gasteiger partial charge in [-0.2, -0.15) is 0 Å². The van der Waals surface area contributed by atoms with Crippen LogP contribution in [0.2, 0.25) is 0 Å². The van der Waals surface area contributed by atoms with Gasteiger partial charge >= 0.3 is 19.8 Å².